The highest BCUT2D eigenvalue weighted by molar-refractivity contribution is 5.90. The molecule has 2 rings (SSSR count). The molecule has 1 atom stereocenters. The van der Waals surface area contributed by atoms with Crippen LogP contribution in [0, 0.1) is 24.2 Å². The number of ether oxygens (including phenoxy) is 1. The van der Waals surface area contributed by atoms with Crippen LogP contribution in [-0.2, 0) is 9.53 Å². The van der Waals surface area contributed by atoms with E-state index in [0.29, 0.717) is 13.2 Å². The number of carbonyl (C=O) groups excluding carboxylic acids is 1. The fourth-order valence-electron chi connectivity index (χ4n) is 2.28. The van der Waals surface area contributed by atoms with Crippen molar-refractivity contribution < 1.29 is 9.53 Å². The molecule has 0 radical (unpaired) electrons. The fraction of sp³-hybridized carbons (Fsp3) is 0.467. The molecule has 94 valence electrons. The van der Waals surface area contributed by atoms with E-state index in [2.05, 4.69) is 6.07 Å². The lowest BCUT2D eigenvalue weighted by Gasteiger charge is -2.22. The number of hydrogen-bond acceptors (Lipinski definition) is 3. The van der Waals surface area contributed by atoms with Crippen LogP contribution in [0.4, 0.5) is 0 Å². The van der Waals surface area contributed by atoms with Crippen LogP contribution in [-0.4, -0.2) is 19.0 Å². The molecule has 1 aliphatic heterocycles. The lowest BCUT2D eigenvalue weighted by Crippen LogP contribution is -2.27. The number of hydrogen-bond donors (Lipinski definition) is 0. The van der Waals surface area contributed by atoms with Gasteiger partial charge in [-0.05, 0) is 25.3 Å². The second kappa shape index (κ2) is 5.79. The molecule has 0 amide bonds. The first-order chi connectivity index (χ1) is 8.72. The first-order valence-electron chi connectivity index (χ1n) is 6.30. The van der Waals surface area contributed by atoms with Crippen LogP contribution in [0.3, 0.4) is 0 Å². The molecule has 1 aromatic carbocycles. The first-order valence-corrected chi connectivity index (χ1v) is 6.30. The Kier molecular flexibility index (Phi) is 4.11. The highest BCUT2D eigenvalue weighted by Crippen LogP contribution is 2.25. The van der Waals surface area contributed by atoms with Gasteiger partial charge in [0.05, 0.1) is 6.07 Å². The number of carbonyl (C=O) groups is 1. The molecule has 1 fully saturated rings. The SMILES string of the molecule is Cc1ccc(C(C#N)C(=O)C2CCOCC2)cc1. The van der Waals surface area contributed by atoms with Crippen molar-refractivity contribution in [3.63, 3.8) is 0 Å². The molecule has 0 N–H and O–H groups in total. The summed E-state index contributed by atoms with van der Waals surface area (Å²) < 4.78 is 5.25. The van der Waals surface area contributed by atoms with Gasteiger partial charge in [0.1, 0.15) is 5.92 Å². The molecule has 1 unspecified atom stereocenters. The standard InChI is InChI=1S/C15H17NO2/c1-11-2-4-12(5-3-11)14(10-16)15(17)13-6-8-18-9-7-13/h2-5,13-14H,6-9H2,1H3. The molecule has 1 saturated heterocycles. The lowest BCUT2D eigenvalue weighted by atomic mass is 9.84. The molecule has 1 aromatic rings. The highest BCUT2D eigenvalue weighted by atomic mass is 16.5. The second-order valence-electron chi connectivity index (χ2n) is 4.76. The molecule has 1 heterocycles. The van der Waals surface area contributed by atoms with Crippen molar-refractivity contribution >= 4 is 5.78 Å². The number of rotatable bonds is 3. The zero-order valence-corrected chi connectivity index (χ0v) is 10.6. The summed E-state index contributed by atoms with van der Waals surface area (Å²) >= 11 is 0. The van der Waals surface area contributed by atoms with Gasteiger partial charge in [-0.15, -0.1) is 0 Å². The Balaban J connectivity index is 2.15. The average Bonchev–Trinajstić information content (AvgIpc) is 2.42. The molecule has 0 aliphatic carbocycles. The Hall–Kier alpha value is -1.66. The number of ketones is 1. The minimum absolute atomic E-state index is 0.0234. The quantitative estimate of drug-likeness (QED) is 0.820. The monoisotopic (exact) mass is 243 g/mol. The van der Waals surface area contributed by atoms with Crippen LogP contribution in [0.2, 0.25) is 0 Å². The van der Waals surface area contributed by atoms with Crippen LogP contribution in [0.25, 0.3) is 0 Å². The molecule has 3 heteroatoms. The van der Waals surface area contributed by atoms with E-state index in [9.17, 15) is 10.1 Å². The normalized spacial score (nSPS) is 18.0. The Morgan fingerprint density at radius 1 is 1.33 bits per heavy atom. The topological polar surface area (TPSA) is 50.1 Å². The third-order valence-corrected chi connectivity index (χ3v) is 3.45. The predicted molar refractivity (Wildman–Crippen MR) is 68.1 cm³/mol. The molecular weight excluding hydrogens is 226 g/mol. The Labute approximate surface area is 107 Å². The molecular formula is C15H17NO2. The second-order valence-corrected chi connectivity index (χ2v) is 4.76. The van der Waals surface area contributed by atoms with Gasteiger partial charge < -0.3 is 4.74 Å². The number of Topliss-reactive ketones (excluding diaryl/α,β-unsaturated/α-hetero) is 1. The van der Waals surface area contributed by atoms with Gasteiger partial charge in [-0.2, -0.15) is 5.26 Å². The van der Waals surface area contributed by atoms with Crippen molar-refractivity contribution in [2.24, 2.45) is 5.92 Å². The maximum atomic E-state index is 12.3. The van der Waals surface area contributed by atoms with Crippen molar-refractivity contribution in [1.29, 1.82) is 5.26 Å². The fourth-order valence-corrected chi connectivity index (χ4v) is 2.28. The summed E-state index contributed by atoms with van der Waals surface area (Å²) in [5, 5.41) is 9.25. The van der Waals surface area contributed by atoms with E-state index in [1.807, 2.05) is 31.2 Å². The van der Waals surface area contributed by atoms with Gasteiger partial charge in [0.15, 0.2) is 5.78 Å². The highest BCUT2D eigenvalue weighted by Gasteiger charge is 2.29. The van der Waals surface area contributed by atoms with E-state index in [0.717, 1.165) is 24.0 Å². The predicted octanol–water partition coefficient (Wildman–Crippen LogP) is 2.60. The van der Waals surface area contributed by atoms with Gasteiger partial charge in [-0.25, -0.2) is 0 Å². The Bertz CT molecular complexity index is 452. The molecule has 1 aliphatic rings. The minimum atomic E-state index is -0.631. The van der Waals surface area contributed by atoms with E-state index in [1.54, 1.807) is 0 Å². The van der Waals surface area contributed by atoms with E-state index < -0.39 is 5.92 Å². The van der Waals surface area contributed by atoms with Gasteiger partial charge in [0, 0.05) is 19.1 Å². The summed E-state index contributed by atoms with van der Waals surface area (Å²) in [6.45, 7) is 3.25. The van der Waals surface area contributed by atoms with Crippen LogP contribution in [0.1, 0.15) is 29.9 Å². The maximum Gasteiger partial charge on any atom is 0.157 e. The van der Waals surface area contributed by atoms with Crippen molar-refractivity contribution in [3.05, 3.63) is 35.4 Å². The third kappa shape index (κ3) is 2.77. The molecule has 0 bridgehead atoms. The number of nitriles is 1. The van der Waals surface area contributed by atoms with E-state index in [1.165, 1.54) is 0 Å². The molecule has 0 aromatic heterocycles. The van der Waals surface area contributed by atoms with Gasteiger partial charge in [-0.1, -0.05) is 29.8 Å². The maximum absolute atomic E-state index is 12.3. The van der Waals surface area contributed by atoms with E-state index in [-0.39, 0.29) is 11.7 Å². The Morgan fingerprint density at radius 2 is 1.94 bits per heavy atom. The smallest absolute Gasteiger partial charge is 0.157 e. The van der Waals surface area contributed by atoms with Crippen molar-refractivity contribution in [1.82, 2.24) is 0 Å². The van der Waals surface area contributed by atoms with Crippen molar-refractivity contribution in [2.45, 2.75) is 25.7 Å². The molecule has 0 spiro atoms. The zero-order valence-electron chi connectivity index (χ0n) is 10.6. The number of nitrogens with zero attached hydrogens (tertiary/aromatic N) is 1. The number of benzene rings is 1. The summed E-state index contributed by atoms with van der Waals surface area (Å²) in [7, 11) is 0. The van der Waals surface area contributed by atoms with Crippen LogP contribution in [0.15, 0.2) is 24.3 Å². The molecule has 0 saturated carbocycles. The van der Waals surface area contributed by atoms with Crippen molar-refractivity contribution in [2.75, 3.05) is 13.2 Å². The summed E-state index contributed by atoms with van der Waals surface area (Å²) in [4.78, 5) is 12.3. The molecule has 18 heavy (non-hydrogen) atoms. The van der Waals surface area contributed by atoms with Crippen LogP contribution in [0.5, 0.6) is 0 Å². The van der Waals surface area contributed by atoms with Gasteiger partial charge in [-0.3, -0.25) is 4.79 Å². The summed E-state index contributed by atoms with van der Waals surface area (Å²) in [6.07, 6.45) is 1.48. The zero-order chi connectivity index (χ0) is 13.0. The van der Waals surface area contributed by atoms with E-state index >= 15 is 0 Å². The largest absolute Gasteiger partial charge is 0.381 e. The number of aryl methyl sites for hydroxylation is 1. The lowest BCUT2D eigenvalue weighted by molar-refractivity contribution is -0.126. The van der Waals surface area contributed by atoms with Gasteiger partial charge >= 0.3 is 0 Å². The summed E-state index contributed by atoms with van der Waals surface area (Å²) in [6, 6.07) is 9.78. The van der Waals surface area contributed by atoms with Gasteiger partial charge in [0.25, 0.3) is 0 Å². The van der Waals surface area contributed by atoms with Crippen LogP contribution < -0.4 is 0 Å². The summed E-state index contributed by atoms with van der Waals surface area (Å²) in [5.74, 6) is -0.608. The average molecular weight is 243 g/mol. The third-order valence-electron chi connectivity index (χ3n) is 3.45. The van der Waals surface area contributed by atoms with Crippen molar-refractivity contribution in [3.8, 4) is 6.07 Å². The Morgan fingerprint density at radius 3 is 2.50 bits per heavy atom. The van der Waals surface area contributed by atoms with E-state index in [4.69, 9.17) is 4.74 Å². The molecule has 3 nitrogen and oxygen atoms in total. The summed E-state index contributed by atoms with van der Waals surface area (Å²) in [5.41, 5.74) is 1.94. The van der Waals surface area contributed by atoms with Crippen LogP contribution >= 0.6 is 0 Å². The minimum Gasteiger partial charge on any atom is -0.381 e. The van der Waals surface area contributed by atoms with Gasteiger partial charge in [0.2, 0.25) is 0 Å². The first kappa shape index (κ1) is 12.8.